The number of rotatable bonds is 5. The van der Waals surface area contributed by atoms with E-state index in [1.165, 1.54) is 19.3 Å². The van der Waals surface area contributed by atoms with Crippen molar-refractivity contribution in [2.75, 3.05) is 14.2 Å². The molecular weight excluding hydrogens is 366 g/mol. The first-order chi connectivity index (χ1) is 13.0. The first kappa shape index (κ1) is 18.5. The minimum absolute atomic E-state index is 0.0132. The largest absolute Gasteiger partial charge is 0.504 e. The Morgan fingerprint density at radius 1 is 1.11 bits per heavy atom. The minimum Gasteiger partial charge on any atom is -0.504 e. The van der Waals surface area contributed by atoms with Crippen molar-refractivity contribution in [3.8, 4) is 17.2 Å². The van der Waals surface area contributed by atoms with Crippen LogP contribution in [0.15, 0.2) is 47.3 Å². The van der Waals surface area contributed by atoms with Gasteiger partial charge >= 0.3 is 0 Å². The number of thiazole rings is 1. The summed E-state index contributed by atoms with van der Waals surface area (Å²) >= 11 is 1.16. The number of methoxy groups -OCH3 is 2. The van der Waals surface area contributed by atoms with Crippen LogP contribution in [0.1, 0.15) is 15.9 Å². The summed E-state index contributed by atoms with van der Waals surface area (Å²) in [6.07, 6.45) is 3.02. The average molecular weight is 383 g/mol. The van der Waals surface area contributed by atoms with Crippen molar-refractivity contribution in [1.82, 2.24) is 4.98 Å². The fourth-order valence-corrected chi connectivity index (χ4v) is 3.32. The molecule has 2 N–H and O–H groups in total. The third-order valence-corrected chi connectivity index (χ3v) is 4.78. The number of nitrogens with one attached hydrogen (secondary N) is 1. The van der Waals surface area contributed by atoms with E-state index >= 15 is 0 Å². The van der Waals surface area contributed by atoms with Crippen LogP contribution in [0.3, 0.4) is 0 Å². The van der Waals surface area contributed by atoms with Crippen LogP contribution in [0, 0.1) is 0 Å². The van der Waals surface area contributed by atoms with Crippen molar-refractivity contribution < 1.29 is 19.4 Å². The molecule has 0 amide bonds. The number of hydrogen-bond acceptors (Lipinski definition) is 6. The summed E-state index contributed by atoms with van der Waals surface area (Å²) in [5.41, 5.74) is 0.841. The number of carbonyl (C=O) groups excluding carboxylic acids is 1. The Morgan fingerprint density at radius 3 is 2.48 bits per heavy atom. The second kappa shape index (κ2) is 7.92. The molecule has 2 aromatic carbocycles. The van der Waals surface area contributed by atoms with Gasteiger partial charge in [0.05, 0.1) is 23.4 Å². The van der Waals surface area contributed by atoms with Crippen molar-refractivity contribution in [3.05, 3.63) is 73.1 Å². The van der Waals surface area contributed by atoms with Gasteiger partial charge in [-0.2, -0.15) is 0 Å². The molecule has 3 aromatic rings. The van der Waals surface area contributed by atoms with Gasteiger partial charge < -0.3 is 19.6 Å². The highest BCUT2D eigenvalue weighted by atomic mass is 32.1. The minimum atomic E-state index is -0.302. The van der Waals surface area contributed by atoms with Crippen molar-refractivity contribution in [2.45, 2.75) is 0 Å². The van der Waals surface area contributed by atoms with E-state index in [1.54, 1.807) is 49.6 Å². The molecule has 1 heterocycles. The standard InChI is InChI=1S/C20H17NO5S/c1-25-14-6-4-13(5-7-14)15(22)11-19-21-20(24)18(27-19)10-12-3-8-17(26-2)16(23)9-12/h3-11,23H,1-2H3,(H,21,24)/b18-10+,19-11+. The number of H-pyrrole nitrogens is 1. The number of ether oxygens (including phenoxy) is 2. The maximum atomic E-state index is 12.3. The molecule has 7 heteroatoms. The van der Waals surface area contributed by atoms with Crippen molar-refractivity contribution in [2.24, 2.45) is 0 Å². The van der Waals surface area contributed by atoms with Gasteiger partial charge in [0, 0.05) is 11.6 Å². The van der Waals surface area contributed by atoms with Crippen LogP contribution in [-0.2, 0) is 0 Å². The van der Waals surface area contributed by atoms with E-state index in [-0.39, 0.29) is 17.1 Å². The lowest BCUT2D eigenvalue weighted by Gasteiger charge is -2.02. The van der Waals surface area contributed by atoms with Gasteiger partial charge in [-0.25, -0.2) is 0 Å². The quantitative estimate of drug-likeness (QED) is 0.654. The second-order valence-corrected chi connectivity index (χ2v) is 6.68. The lowest BCUT2D eigenvalue weighted by atomic mass is 10.1. The lowest BCUT2D eigenvalue weighted by Crippen LogP contribution is -2.20. The third-order valence-electron chi connectivity index (χ3n) is 3.82. The van der Waals surface area contributed by atoms with Gasteiger partial charge in [-0.05, 0) is 48.0 Å². The Hall–Kier alpha value is -3.32. The summed E-state index contributed by atoms with van der Waals surface area (Å²) in [5, 5.41) is 9.84. The number of Topliss-reactive ketones (excluding diaryl/α,β-unsaturated/α-hetero) is 1. The number of phenols is 1. The summed E-state index contributed by atoms with van der Waals surface area (Å²) in [7, 11) is 3.02. The molecule has 0 saturated carbocycles. The molecule has 1 aromatic heterocycles. The number of carbonyl (C=O) groups is 1. The number of ketones is 1. The monoisotopic (exact) mass is 383 g/mol. The van der Waals surface area contributed by atoms with Crippen LogP contribution in [0.4, 0.5) is 0 Å². The lowest BCUT2D eigenvalue weighted by molar-refractivity contribution is 0.106. The number of aromatic nitrogens is 1. The molecule has 0 spiro atoms. The van der Waals surface area contributed by atoms with E-state index in [9.17, 15) is 14.7 Å². The van der Waals surface area contributed by atoms with Crippen LogP contribution >= 0.6 is 11.3 Å². The molecule has 138 valence electrons. The van der Waals surface area contributed by atoms with Gasteiger partial charge in [0.2, 0.25) is 0 Å². The van der Waals surface area contributed by atoms with Gasteiger partial charge in [-0.1, -0.05) is 6.07 Å². The maximum absolute atomic E-state index is 12.3. The molecule has 0 saturated heterocycles. The van der Waals surface area contributed by atoms with Crippen LogP contribution in [0.25, 0.3) is 12.2 Å². The predicted molar refractivity (Wildman–Crippen MR) is 104 cm³/mol. The Labute approximate surface area is 158 Å². The summed E-state index contributed by atoms with van der Waals surface area (Å²) < 4.78 is 10.9. The molecule has 0 aliphatic rings. The Balaban J connectivity index is 1.93. The topological polar surface area (TPSA) is 88.6 Å². The molecule has 0 fully saturated rings. The van der Waals surface area contributed by atoms with E-state index < -0.39 is 0 Å². The average Bonchev–Trinajstić information content (AvgIpc) is 3.00. The first-order valence-electron chi connectivity index (χ1n) is 7.98. The zero-order valence-electron chi connectivity index (χ0n) is 14.7. The Kier molecular flexibility index (Phi) is 5.42. The van der Waals surface area contributed by atoms with Gasteiger partial charge in [-0.15, -0.1) is 11.3 Å². The van der Waals surface area contributed by atoms with Crippen molar-refractivity contribution in [3.63, 3.8) is 0 Å². The Morgan fingerprint density at radius 2 is 1.85 bits per heavy atom. The van der Waals surface area contributed by atoms with Gasteiger partial charge in [0.1, 0.15) is 5.75 Å². The highest BCUT2D eigenvalue weighted by Gasteiger charge is 2.05. The molecule has 3 rings (SSSR count). The van der Waals surface area contributed by atoms with E-state index in [0.29, 0.717) is 31.8 Å². The fraction of sp³-hybridized carbons (Fsp3) is 0.100. The molecule has 0 aliphatic heterocycles. The molecule has 0 atom stereocenters. The predicted octanol–water partition coefficient (Wildman–Crippen LogP) is 1.65. The molecule has 0 unspecified atom stereocenters. The number of hydrogen-bond donors (Lipinski definition) is 2. The van der Waals surface area contributed by atoms with E-state index in [0.717, 1.165) is 11.3 Å². The smallest absolute Gasteiger partial charge is 0.266 e. The fourth-order valence-electron chi connectivity index (χ4n) is 2.43. The summed E-state index contributed by atoms with van der Waals surface area (Å²) in [4.78, 5) is 27.2. The molecular formula is C20H17NO5S. The Bertz CT molecular complexity index is 1140. The summed E-state index contributed by atoms with van der Waals surface area (Å²) in [6, 6.07) is 11.6. The summed E-state index contributed by atoms with van der Waals surface area (Å²) in [6.45, 7) is 0. The van der Waals surface area contributed by atoms with E-state index in [1.807, 2.05) is 0 Å². The third kappa shape index (κ3) is 4.27. The van der Waals surface area contributed by atoms with Crippen molar-refractivity contribution in [1.29, 1.82) is 0 Å². The second-order valence-electron chi connectivity index (χ2n) is 5.60. The molecule has 0 bridgehead atoms. The zero-order chi connectivity index (χ0) is 19.4. The number of aromatic hydroxyl groups is 1. The van der Waals surface area contributed by atoms with Crippen LogP contribution in [0.5, 0.6) is 17.2 Å². The van der Waals surface area contributed by atoms with Gasteiger partial charge in [0.15, 0.2) is 17.3 Å². The highest BCUT2D eigenvalue weighted by molar-refractivity contribution is 7.07. The SMILES string of the molecule is COc1ccc(C(=O)/C=c2\[nH]c(=O)/c(=C\c3ccc(OC)c(O)c3)s2)cc1. The molecule has 27 heavy (non-hydrogen) atoms. The van der Waals surface area contributed by atoms with Crippen molar-refractivity contribution >= 4 is 29.3 Å². The van der Waals surface area contributed by atoms with E-state index in [4.69, 9.17) is 9.47 Å². The number of phenolic OH excluding ortho intramolecular Hbond substituents is 1. The summed E-state index contributed by atoms with van der Waals surface area (Å²) in [5.74, 6) is 0.784. The first-order valence-corrected chi connectivity index (χ1v) is 8.80. The van der Waals surface area contributed by atoms with Gasteiger partial charge in [-0.3, -0.25) is 9.59 Å². The number of benzene rings is 2. The number of aromatic amines is 1. The highest BCUT2D eigenvalue weighted by Crippen LogP contribution is 2.26. The van der Waals surface area contributed by atoms with Crippen LogP contribution in [-0.4, -0.2) is 30.1 Å². The maximum Gasteiger partial charge on any atom is 0.266 e. The molecule has 0 aliphatic carbocycles. The zero-order valence-corrected chi connectivity index (χ0v) is 15.5. The normalized spacial score (nSPS) is 12.2. The van der Waals surface area contributed by atoms with Crippen LogP contribution < -0.4 is 24.2 Å². The van der Waals surface area contributed by atoms with Gasteiger partial charge in [0.25, 0.3) is 5.56 Å². The molecule has 6 nitrogen and oxygen atoms in total. The van der Waals surface area contributed by atoms with Crippen LogP contribution in [0.2, 0.25) is 0 Å². The molecule has 0 radical (unpaired) electrons. The van der Waals surface area contributed by atoms with E-state index in [2.05, 4.69) is 4.98 Å².